The molecule has 1 saturated heterocycles. The minimum atomic E-state index is -4.34. The van der Waals surface area contributed by atoms with Gasteiger partial charge in [0.1, 0.15) is 0 Å². The number of hydrogen-bond acceptors (Lipinski definition) is 2. The summed E-state index contributed by atoms with van der Waals surface area (Å²) in [5, 5.41) is 6.05. The first-order valence-corrected chi connectivity index (χ1v) is 6.61. The highest BCUT2D eigenvalue weighted by Gasteiger charge is 2.29. The fourth-order valence-electron chi connectivity index (χ4n) is 2.23. The molecule has 110 valence electrons. The average molecular weight is 286 g/mol. The Morgan fingerprint density at radius 1 is 1.30 bits per heavy atom. The summed E-state index contributed by atoms with van der Waals surface area (Å²) in [6.45, 7) is 1.54. The van der Waals surface area contributed by atoms with Gasteiger partial charge in [-0.3, -0.25) is 4.79 Å². The molecule has 0 aromatic heterocycles. The molecular formula is C14H17F3N2O. The summed E-state index contributed by atoms with van der Waals surface area (Å²) in [5.74, 6) is -0.168. The number of nitrogens with one attached hydrogen (secondary N) is 2. The molecule has 2 rings (SSSR count). The Morgan fingerprint density at radius 2 is 2.00 bits per heavy atom. The van der Waals surface area contributed by atoms with Crippen LogP contribution in [0.3, 0.4) is 0 Å². The minimum Gasteiger partial charge on any atom is -0.354 e. The van der Waals surface area contributed by atoms with E-state index in [0.717, 1.165) is 31.5 Å². The van der Waals surface area contributed by atoms with Gasteiger partial charge in [0.2, 0.25) is 5.91 Å². The SMILES string of the molecule is O=C(Cc1ccc(C(F)(F)F)cc1)NCC1CCCN1. The fourth-order valence-corrected chi connectivity index (χ4v) is 2.23. The molecule has 1 aromatic carbocycles. The van der Waals surface area contributed by atoms with Crippen molar-refractivity contribution in [3.63, 3.8) is 0 Å². The molecule has 1 aromatic rings. The number of carbonyl (C=O) groups excluding carboxylic acids is 1. The molecule has 0 bridgehead atoms. The second-order valence-corrected chi connectivity index (χ2v) is 4.97. The lowest BCUT2D eigenvalue weighted by molar-refractivity contribution is -0.137. The number of rotatable bonds is 4. The normalized spacial score (nSPS) is 19.1. The van der Waals surface area contributed by atoms with Gasteiger partial charge in [0.05, 0.1) is 12.0 Å². The maximum absolute atomic E-state index is 12.4. The first-order valence-electron chi connectivity index (χ1n) is 6.61. The molecule has 2 N–H and O–H groups in total. The van der Waals surface area contributed by atoms with E-state index < -0.39 is 11.7 Å². The quantitative estimate of drug-likeness (QED) is 0.890. The van der Waals surface area contributed by atoms with Crippen molar-refractivity contribution in [3.05, 3.63) is 35.4 Å². The van der Waals surface area contributed by atoms with Crippen LogP contribution in [-0.4, -0.2) is 25.0 Å². The highest BCUT2D eigenvalue weighted by atomic mass is 19.4. The fraction of sp³-hybridized carbons (Fsp3) is 0.500. The van der Waals surface area contributed by atoms with E-state index in [-0.39, 0.29) is 12.3 Å². The van der Waals surface area contributed by atoms with Gasteiger partial charge in [0.25, 0.3) is 0 Å². The van der Waals surface area contributed by atoms with Gasteiger partial charge < -0.3 is 10.6 Å². The number of carbonyl (C=O) groups is 1. The second-order valence-electron chi connectivity index (χ2n) is 4.97. The zero-order chi connectivity index (χ0) is 14.6. The molecule has 6 heteroatoms. The first kappa shape index (κ1) is 14.8. The summed E-state index contributed by atoms with van der Waals surface area (Å²) in [5.41, 5.74) is -0.119. The lowest BCUT2D eigenvalue weighted by Gasteiger charge is -2.12. The van der Waals surface area contributed by atoms with Crippen LogP contribution < -0.4 is 10.6 Å². The van der Waals surface area contributed by atoms with Crippen molar-refractivity contribution < 1.29 is 18.0 Å². The predicted molar refractivity (Wildman–Crippen MR) is 69.2 cm³/mol. The van der Waals surface area contributed by atoms with Crippen LogP contribution in [0.4, 0.5) is 13.2 Å². The number of alkyl halides is 3. The smallest absolute Gasteiger partial charge is 0.354 e. The van der Waals surface area contributed by atoms with Crippen molar-refractivity contribution in [2.24, 2.45) is 0 Å². The Balaban J connectivity index is 1.81. The molecule has 1 aliphatic heterocycles. The zero-order valence-corrected chi connectivity index (χ0v) is 11.0. The van der Waals surface area contributed by atoms with Crippen molar-refractivity contribution in [2.75, 3.05) is 13.1 Å². The standard InChI is InChI=1S/C14H17F3N2O/c15-14(16,17)11-5-3-10(4-6-11)8-13(20)19-9-12-2-1-7-18-12/h3-6,12,18H,1-2,7-9H2,(H,19,20). The Bertz CT molecular complexity index is 450. The number of benzene rings is 1. The van der Waals surface area contributed by atoms with Gasteiger partial charge in [0, 0.05) is 12.6 Å². The molecule has 20 heavy (non-hydrogen) atoms. The molecule has 1 aliphatic rings. The summed E-state index contributed by atoms with van der Waals surface area (Å²) in [6, 6.07) is 5.00. The van der Waals surface area contributed by atoms with Gasteiger partial charge in [0.15, 0.2) is 0 Å². The van der Waals surface area contributed by atoms with Crippen LogP contribution in [0.1, 0.15) is 24.0 Å². The van der Waals surface area contributed by atoms with E-state index in [1.54, 1.807) is 0 Å². The Morgan fingerprint density at radius 3 is 2.55 bits per heavy atom. The maximum atomic E-state index is 12.4. The van der Waals surface area contributed by atoms with E-state index in [9.17, 15) is 18.0 Å². The zero-order valence-electron chi connectivity index (χ0n) is 11.0. The van der Waals surface area contributed by atoms with E-state index in [1.807, 2.05) is 0 Å². The molecule has 3 nitrogen and oxygen atoms in total. The summed E-state index contributed by atoms with van der Waals surface area (Å²) in [7, 11) is 0. The van der Waals surface area contributed by atoms with Gasteiger partial charge >= 0.3 is 6.18 Å². The molecule has 0 saturated carbocycles. The van der Waals surface area contributed by atoms with Gasteiger partial charge in [-0.05, 0) is 37.1 Å². The van der Waals surface area contributed by atoms with Gasteiger partial charge in [-0.15, -0.1) is 0 Å². The Labute approximate surface area is 115 Å². The number of hydrogen-bond donors (Lipinski definition) is 2. The van der Waals surface area contributed by atoms with Crippen LogP contribution in [0.15, 0.2) is 24.3 Å². The third-order valence-corrected chi connectivity index (χ3v) is 3.35. The highest BCUT2D eigenvalue weighted by Crippen LogP contribution is 2.29. The van der Waals surface area contributed by atoms with Crippen molar-refractivity contribution in [1.29, 1.82) is 0 Å². The van der Waals surface area contributed by atoms with Crippen LogP contribution in [0, 0.1) is 0 Å². The summed E-state index contributed by atoms with van der Waals surface area (Å²) in [6.07, 6.45) is -2.08. The molecule has 0 radical (unpaired) electrons. The summed E-state index contributed by atoms with van der Waals surface area (Å²) in [4.78, 5) is 11.7. The van der Waals surface area contributed by atoms with Gasteiger partial charge in [-0.1, -0.05) is 12.1 Å². The third kappa shape index (κ3) is 4.23. The van der Waals surface area contributed by atoms with Crippen LogP contribution in [0.5, 0.6) is 0 Å². The maximum Gasteiger partial charge on any atom is 0.416 e. The van der Waals surface area contributed by atoms with Crippen LogP contribution in [0.25, 0.3) is 0 Å². The molecule has 1 amide bonds. The molecule has 0 spiro atoms. The monoisotopic (exact) mass is 286 g/mol. The molecular weight excluding hydrogens is 269 g/mol. The molecule has 1 fully saturated rings. The van der Waals surface area contributed by atoms with Crippen molar-refractivity contribution >= 4 is 5.91 Å². The lowest BCUT2D eigenvalue weighted by atomic mass is 10.1. The molecule has 1 atom stereocenters. The lowest BCUT2D eigenvalue weighted by Crippen LogP contribution is -2.37. The minimum absolute atomic E-state index is 0.102. The van der Waals surface area contributed by atoms with Gasteiger partial charge in [-0.2, -0.15) is 13.2 Å². The van der Waals surface area contributed by atoms with Crippen LogP contribution in [0.2, 0.25) is 0 Å². The van der Waals surface area contributed by atoms with E-state index >= 15 is 0 Å². The average Bonchev–Trinajstić information content (AvgIpc) is 2.89. The van der Waals surface area contributed by atoms with Crippen LogP contribution >= 0.6 is 0 Å². The van der Waals surface area contributed by atoms with Crippen molar-refractivity contribution in [1.82, 2.24) is 10.6 Å². The van der Waals surface area contributed by atoms with Crippen LogP contribution in [-0.2, 0) is 17.4 Å². The van der Waals surface area contributed by atoms with Crippen molar-refractivity contribution in [2.45, 2.75) is 31.5 Å². The van der Waals surface area contributed by atoms with Gasteiger partial charge in [-0.25, -0.2) is 0 Å². The number of amides is 1. The molecule has 1 heterocycles. The Hall–Kier alpha value is -1.56. The number of halogens is 3. The summed E-state index contributed by atoms with van der Waals surface area (Å²) < 4.78 is 37.2. The van der Waals surface area contributed by atoms with E-state index in [4.69, 9.17) is 0 Å². The van der Waals surface area contributed by atoms with E-state index in [2.05, 4.69) is 10.6 Å². The van der Waals surface area contributed by atoms with E-state index in [1.165, 1.54) is 12.1 Å². The molecule has 0 aliphatic carbocycles. The predicted octanol–water partition coefficient (Wildman–Crippen LogP) is 2.12. The first-order chi connectivity index (χ1) is 9.45. The largest absolute Gasteiger partial charge is 0.416 e. The topological polar surface area (TPSA) is 41.1 Å². The second kappa shape index (κ2) is 6.26. The van der Waals surface area contributed by atoms with Crippen molar-refractivity contribution in [3.8, 4) is 0 Å². The molecule has 1 unspecified atom stereocenters. The highest BCUT2D eigenvalue weighted by molar-refractivity contribution is 5.78. The third-order valence-electron chi connectivity index (χ3n) is 3.35. The summed E-state index contributed by atoms with van der Waals surface area (Å²) >= 11 is 0. The Kier molecular flexibility index (Phi) is 4.65. The van der Waals surface area contributed by atoms with E-state index in [0.29, 0.717) is 18.2 Å².